The lowest BCUT2D eigenvalue weighted by molar-refractivity contribution is 0.469. The smallest absolute Gasteiger partial charge is 0.195 e. The van der Waals surface area contributed by atoms with Crippen molar-refractivity contribution in [2.45, 2.75) is 19.4 Å². The van der Waals surface area contributed by atoms with E-state index in [0.717, 1.165) is 23.1 Å². The van der Waals surface area contributed by atoms with Gasteiger partial charge in [-0.05, 0) is 6.92 Å². The molecule has 0 amide bonds. The van der Waals surface area contributed by atoms with Crippen LogP contribution in [-0.2, 0) is 0 Å². The van der Waals surface area contributed by atoms with Crippen molar-refractivity contribution >= 4 is 17.7 Å². The highest BCUT2D eigenvalue weighted by molar-refractivity contribution is 5.87. The molecule has 80 valence electrons. The molecule has 2 atom stereocenters. The molecule has 1 aliphatic heterocycles. The Kier molecular flexibility index (Phi) is 2.54. The number of hydrogen-bond acceptors (Lipinski definition) is 3. The van der Waals surface area contributed by atoms with Crippen LogP contribution in [0.1, 0.15) is 13.3 Å². The van der Waals surface area contributed by atoms with Gasteiger partial charge in [0.05, 0.1) is 19.8 Å². The lowest BCUT2D eigenvalue weighted by Crippen LogP contribution is -2.44. The Morgan fingerprint density at radius 3 is 3.07 bits per heavy atom. The SMILES string of the molecule is CC(N)CC[N+]1(C)C=Nc2cnccc21. The predicted molar refractivity (Wildman–Crippen MR) is 63.2 cm³/mol. The van der Waals surface area contributed by atoms with Crippen LogP contribution in [0.2, 0.25) is 0 Å². The number of rotatable bonds is 3. The van der Waals surface area contributed by atoms with Crippen molar-refractivity contribution in [2.75, 3.05) is 13.6 Å². The van der Waals surface area contributed by atoms with Gasteiger partial charge in [-0.15, -0.1) is 0 Å². The Bertz CT molecular complexity index is 386. The average molecular weight is 205 g/mol. The molecule has 0 fully saturated rings. The average Bonchev–Trinajstić information content (AvgIpc) is 2.56. The van der Waals surface area contributed by atoms with Crippen molar-refractivity contribution in [1.82, 2.24) is 9.47 Å². The van der Waals surface area contributed by atoms with Gasteiger partial charge in [0.25, 0.3) is 0 Å². The first kappa shape index (κ1) is 10.3. The van der Waals surface area contributed by atoms with Gasteiger partial charge in [0, 0.05) is 24.7 Å². The number of nitrogens with two attached hydrogens (primary N) is 1. The molecule has 1 aromatic heterocycles. The molecule has 0 aromatic carbocycles. The van der Waals surface area contributed by atoms with Gasteiger partial charge < -0.3 is 5.73 Å². The van der Waals surface area contributed by atoms with Crippen molar-refractivity contribution in [1.29, 1.82) is 0 Å². The molecule has 0 spiro atoms. The maximum absolute atomic E-state index is 5.78. The van der Waals surface area contributed by atoms with E-state index in [1.54, 1.807) is 6.20 Å². The Morgan fingerprint density at radius 2 is 2.33 bits per heavy atom. The molecule has 0 saturated heterocycles. The number of aromatic nitrogens is 1. The highest BCUT2D eigenvalue weighted by atomic mass is 15.4. The van der Waals surface area contributed by atoms with Gasteiger partial charge in [0.2, 0.25) is 0 Å². The number of aliphatic imine (C=N–C) groups is 1. The first-order chi connectivity index (χ1) is 7.12. The summed E-state index contributed by atoms with van der Waals surface area (Å²) in [6, 6.07) is 2.27. The number of pyridine rings is 1. The molecule has 0 radical (unpaired) electrons. The number of nitrogens with zero attached hydrogens (tertiary/aromatic N) is 3. The fourth-order valence-electron chi connectivity index (χ4n) is 1.81. The molecule has 4 nitrogen and oxygen atoms in total. The summed E-state index contributed by atoms with van der Waals surface area (Å²) in [6.07, 6.45) is 6.58. The quantitative estimate of drug-likeness (QED) is 0.759. The number of fused-ring (bicyclic) bond motifs is 1. The summed E-state index contributed by atoms with van der Waals surface area (Å²) < 4.78 is 0.736. The lowest BCUT2D eigenvalue weighted by atomic mass is 10.2. The molecule has 15 heavy (non-hydrogen) atoms. The van der Waals surface area contributed by atoms with Crippen molar-refractivity contribution in [3.05, 3.63) is 18.5 Å². The van der Waals surface area contributed by atoms with E-state index in [-0.39, 0.29) is 6.04 Å². The van der Waals surface area contributed by atoms with Gasteiger partial charge in [0.15, 0.2) is 12.0 Å². The molecule has 4 heteroatoms. The van der Waals surface area contributed by atoms with Gasteiger partial charge in [-0.1, -0.05) is 0 Å². The first-order valence-corrected chi connectivity index (χ1v) is 5.22. The third-order valence-corrected chi connectivity index (χ3v) is 2.83. The third kappa shape index (κ3) is 1.91. The number of hydrogen-bond donors (Lipinski definition) is 1. The van der Waals surface area contributed by atoms with Crippen LogP contribution < -0.4 is 10.2 Å². The molecule has 2 N–H and O–H groups in total. The van der Waals surface area contributed by atoms with Gasteiger partial charge in [-0.2, -0.15) is 4.99 Å². The molecule has 0 bridgehead atoms. The topological polar surface area (TPSA) is 51.3 Å². The summed E-state index contributed by atoms with van der Waals surface area (Å²) in [4.78, 5) is 8.44. The van der Waals surface area contributed by atoms with Crippen LogP contribution in [0, 0.1) is 0 Å². The zero-order valence-electron chi connectivity index (χ0n) is 9.22. The van der Waals surface area contributed by atoms with Crippen LogP contribution >= 0.6 is 0 Å². The second-order valence-corrected chi connectivity index (χ2v) is 4.37. The van der Waals surface area contributed by atoms with E-state index in [1.807, 2.05) is 25.5 Å². The van der Waals surface area contributed by atoms with Crippen molar-refractivity contribution in [3.63, 3.8) is 0 Å². The fourth-order valence-corrected chi connectivity index (χ4v) is 1.81. The molecule has 1 aromatic rings. The standard InChI is InChI=1S/C11H17N4/c1-9(12)4-6-15(2)8-14-10-7-13-5-3-11(10)15/h3,5,7-9H,4,6,12H2,1-2H3/q+1. The molecular formula is C11H17N4+. The van der Waals surface area contributed by atoms with Crippen molar-refractivity contribution in [3.8, 4) is 0 Å². The second-order valence-electron chi connectivity index (χ2n) is 4.37. The minimum absolute atomic E-state index is 0.235. The molecule has 2 unspecified atom stereocenters. The zero-order valence-corrected chi connectivity index (χ0v) is 9.22. The van der Waals surface area contributed by atoms with Gasteiger partial charge in [0.1, 0.15) is 5.69 Å². The summed E-state index contributed by atoms with van der Waals surface area (Å²) in [5, 5.41) is 0. The first-order valence-electron chi connectivity index (χ1n) is 5.22. The Labute approximate surface area is 90.0 Å². The molecular weight excluding hydrogens is 188 g/mol. The summed E-state index contributed by atoms with van der Waals surface area (Å²) in [6.45, 7) is 3.02. The summed E-state index contributed by atoms with van der Waals surface area (Å²) in [5.74, 6) is 0. The van der Waals surface area contributed by atoms with E-state index in [4.69, 9.17) is 5.73 Å². The fraction of sp³-hybridized carbons (Fsp3) is 0.455. The van der Waals surface area contributed by atoms with Crippen LogP contribution in [0.25, 0.3) is 0 Å². The lowest BCUT2D eigenvalue weighted by Gasteiger charge is -2.26. The van der Waals surface area contributed by atoms with Crippen LogP contribution in [-0.4, -0.2) is 31.0 Å². The maximum atomic E-state index is 5.78. The summed E-state index contributed by atoms with van der Waals surface area (Å²) in [7, 11) is 2.15. The maximum Gasteiger partial charge on any atom is 0.195 e. The van der Waals surface area contributed by atoms with Crippen molar-refractivity contribution < 1.29 is 0 Å². The van der Waals surface area contributed by atoms with E-state index in [1.165, 1.54) is 5.69 Å². The van der Waals surface area contributed by atoms with E-state index < -0.39 is 0 Å². The van der Waals surface area contributed by atoms with E-state index >= 15 is 0 Å². The molecule has 2 rings (SSSR count). The second kappa shape index (κ2) is 3.72. The monoisotopic (exact) mass is 205 g/mol. The summed E-state index contributed by atoms with van der Waals surface area (Å²) in [5.41, 5.74) is 7.97. The predicted octanol–water partition coefficient (Wildman–Crippen LogP) is 1.43. The molecule has 2 heterocycles. The van der Waals surface area contributed by atoms with E-state index in [2.05, 4.69) is 17.0 Å². The zero-order chi connectivity index (χ0) is 10.9. The van der Waals surface area contributed by atoms with Gasteiger partial charge in [-0.3, -0.25) is 4.98 Å². The van der Waals surface area contributed by atoms with Gasteiger partial charge in [-0.25, -0.2) is 4.48 Å². The Hall–Kier alpha value is -1.26. The Morgan fingerprint density at radius 1 is 1.53 bits per heavy atom. The molecule has 1 aliphatic rings. The van der Waals surface area contributed by atoms with E-state index in [0.29, 0.717) is 0 Å². The molecule has 0 saturated carbocycles. The number of quaternary nitrogens is 1. The highest BCUT2D eigenvalue weighted by Crippen LogP contribution is 2.35. The van der Waals surface area contributed by atoms with Crippen LogP contribution in [0.3, 0.4) is 0 Å². The van der Waals surface area contributed by atoms with E-state index in [9.17, 15) is 0 Å². The van der Waals surface area contributed by atoms with Crippen molar-refractivity contribution in [2.24, 2.45) is 10.7 Å². The minimum atomic E-state index is 0.235. The Balaban J connectivity index is 2.21. The van der Waals surface area contributed by atoms with Crippen LogP contribution in [0.5, 0.6) is 0 Å². The third-order valence-electron chi connectivity index (χ3n) is 2.83. The highest BCUT2D eigenvalue weighted by Gasteiger charge is 2.31. The normalized spacial score (nSPS) is 25.3. The molecule has 0 aliphatic carbocycles. The largest absolute Gasteiger partial charge is 0.328 e. The summed E-state index contributed by atoms with van der Waals surface area (Å²) >= 11 is 0. The minimum Gasteiger partial charge on any atom is -0.328 e. The van der Waals surface area contributed by atoms with Crippen LogP contribution in [0.15, 0.2) is 23.5 Å². The van der Waals surface area contributed by atoms with Crippen LogP contribution in [0.4, 0.5) is 11.4 Å². The van der Waals surface area contributed by atoms with Gasteiger partial charge >= 0.3 is 0 Å².